The largest absolute Gasteiger partial charge is 0.370 e. The molecule has 1 aromatic rings. The summed E-state index contributed by atoms with van der Waals surface area (Å²) >= 11 is 5.78. The molecule has 16 heavy (non-hydrogen) atoms. The maximum absolute atomic E-state index is 5.78. The highest BCUT2D eigenvalue weighted by molar-refractivity contribution is 14.0. The quantitative estimate of drug-likeness (QED) is 0.499. The third-order valence-electron chi connectivity index (χ3n) is 2.27. The monoisotopic (exact) mass is 351 g/mol. The highest BCUT2D eigenvalue weighted by atomic mass is 127. The SMILES string of the molecule is I.NC(=NCc1ccc(Cl)cc1)NC1CC1. The van der Waals surface area contributed by atoms with E-state index < -0.39 is 0 Å². The fourth-order valence-corrected chi connectivity index (χ4v) is 1.37. The van der Waals surface area contributed by atoms with Gasteiger partial charge in [0.2, 0.25) is 0 Å². The average Bonchev–Trinajstić information content (AvgIpc) is 3.01. The fourth-order valence-electron chi connectivity index (χ4n) is 1.25. The van der Waals surface area contributed by atoms with Crippen LogP contribution in [0.2, 0.25) is 5.02 Å². The molecule has 1 fully saturated rings. The van der Waals surface area contributed by atoms with E-state index in [1.54, 1.807) is 0 Å². The Morgan fingerprint density at radius 2 is 2.00 bits per heavy atom. The second-order valence-corrected chi connectivity index (χ2v) is 4.18. The van der Waals surface area contributed by atoms with Gasteiger partial charge in [-0.25, -0.2) is 4.99 Å². The molecule has 1 aliphatic carbocycles. The molecule has 0 spiro atoms. The molecule has 3 nitrogen and oxygen atoms in total. The van der Waals surface area contributed by atoms with E-state index in [2.05, 4.69) is 10.3 Å². The summed E-state index contributed by atoms with van der Waals surface area (Å²) in [5.41, 5.74) is 6.82. The molecule has 1 saturated carbocycles. The van der Waals surface area contributed by atoms with E-state index >= 15 is 0 Å². The number of nitrogens with one attached hydrogen (secondary N) is 1. The number of benzene rings is 1. The van der Waals surface area contributed by atoms with Gasteiger partial charge in [-0.15, -0.1) is 24.0 Å². The van der Waals surface area contributed by atoms with Gasteiger partial charge in [-0.1, -0.05) is 23.7 Å². The van der Waals surface area contributed by atoms with Crippen molar-refractivity contribution in [2.45, 2.75) is 25.4 Å². The molecule has 1 aliphatic rings. The number of aliphatic imine (C=N–C) groups is 1. The van der Waals surface area contributed by atoms with Gasteiger partial charge < -0.3 is 11.1 Å². The van der Waals surface area contributed by atoms with Crippen LogP contribution in [0.4, 0.5) is 0 Å². The number of rotatable bonds is 3. The van der Waals surface area contributed by atoms with Crippen molar-refractivity contribution in [2.75, 3.05) is 0 Å². The zero-order valence-electron chi connectivity index (χ0n) is 8.82. The van der Waals surface area contributed by atoms with Gasteiger partial charge in [0.25, 0.3) is 0 Å². The predicted molar refractivity (Wildman–Crippen MR) is 78.4 cm³/mol. The second kappa shape index (κ2) is 6.30. The van der Waals surface area contributed by atoms with Crippen LogP contribution in [0.15, 0.2) is 29.3 Å². The molecule has 0 aromatic heterocycles. The molecule has 0 atom stereocenters. The molecule has 0 saturated heterocycles. The minimum absolute atomic E-state index is 0. The summed E-state index contributed by atoms with van der Waals surface area (Å²) in [5.74, 6) is 0.535. The lowest BCUT2D eigenvalue weighted by molar-refractivity contribution is 0.879. The molecular weight excluding hydrogens is 336 g/mol. The van der Waals surface area contributed by atoms with Crippen molar-refractivity contribution in [2.24, 2.45) is 10.7 Å². The minimum atomic E-state index is 0. The van der Waals surface area contributed by atoms with Crippen molar-refractivity contribution >= 4 is 41.5 Å². The first-order valence-corrected chi connectivity index (χ1v) is 5.43. The van der Waals surface area contributed by atoms with E-state index in [0.29, 0.717) is 18.5 Å². The zero-order chi connectivity index (χ0) is 10.7. The Hall–Kier alpha value is -0.490. The summed E-state index contributed by atoms with van der Waals surface area (Å²) in [5, 5.41) is 3.88. The topological polar surface area (TPSA) is 50.4 Å². The highest BCUT2D eigenvalue weighted by Crippen LogP contribution is 2.18. The molecule has 0 heterocycles. The Morgan fingerprint density at radius 1 is 1.38 bits per heavy atom. The number of nitrogens with two attached hydrogens (primary N) is 1. The zero-order valence-corrected chi connectivity index (χ0v) is 11.9. The fraction of sp³-hybridized carbons (Fsp3) is 0.364. The molecule has 0 radical (unpaired) electrons. The normalized spacial score (nSPS) is 15.4. The van der Waals surface area contributed by atoms with Crippen LogP contribution < -0.4 is 11.1 Å². The maximum Gasteiger partial charge on any atom is 0.189 e. The van der Waals surface area contributed by atoms with Gasteiger partial charge in [0, 0.05) is 11.1 Å². The van der Waals surface area contributed by atoms with Crippen molar-refractivity contribution in [3.8, 4) is 0 Å². The van der Waals surface area contributed by atoms with Crippen molar-refractivity contribution < 1.29 is 0 Å². The lowest BCUT2D eigenvalue weighted by atomic mass is 10.2. The second-order valence-electron chi connectivity index (χ2n) is 3.75. The summed E-state index contributed by atoms with van der Waals surface area (Å²) in [7, 11) is 0. The van der Waals surface area contributed by atoms with Gasteiger partial charge in [-0.2, -0.15) is 0 Å². The van der Waals surface area contributed by atoms with Crippen LogP contribution in [0.1, 0.15) is 18.4 Å². The van der Waals surface area contributed by atoms with Crippen LogP contribution in [0.25, 0.3) is 0 Å². The first-order valence-electron chi connectivity index (χ1n) is 5.05. The Labute approximate surface area is 117 Å². The number of guanidine groups is 1. The van der Waals surface area contributed by atoms with Gasteiger partial charge in [0.05, 0.1) is 6.54 Å². The number of hydrogen-bond donors (Lipinski definition) is 2. The Morgan fingerprint density at radius 3 is 2.56 bits per heavy atom. The van der Waals surface area contributed by atoms with Crippen LogP contribution in [0, 0.1) is 0 Å². The van der Waals surface area contributed by atoms with Crippen molar-refractivity contribution in [1.29, 1.82) is 0 Å². The van der Waals surface area contributed by atoms with Gasteiger partial charge in [0.15, 0.2) is 5.96 Å². The van der Waals surface area contributed by atoms with Gasteiger partial charge in [-0.05, 0) is 30.5 Å². The average molecular weight is 352 g/mol. The van der Waals surface area contributed by atoms with Gasteiger partial charge in [0.1, 0.15) is 0 Å². The summed E-state index contributed by atoms with van der Waals surface area (Å²) < 4.78 is 0. The molecule has 5 heteroatoms. The molecule has 0 amide bonds. The molecule has 88 valence electrons. The molecule has 2 rings (SSSR count). The maximum atomic E-state index is 5.78. The Bertz CT molecular complexity index is 360. The van der Waals surface area contributed by atoms with Crippen molar-refractivity contribution in [3.05, 3.63) is 34.9 Å². The Kier molecular flexibility index (Phi) is 5.34. The van der Waals surface area contributed by atoms with E-state index in [9.17, 15) is 0 Å². The van der Waals surface area contributed by atoms with E-state index in [4.69, 9.17) is 17.3 Å². The van der Waals surface area contributed by atoms with Crippen molar-refractivity contribution in [1.82, 2.24) is 5.32 Å². The lowest BCUT2D eigenvalue weighted by Gasteiger charge is -2.03. The third-order valence-corrected chi connectivity index (χ3v) is 2.53. The smallest absolute Gasteiger partial charge is 0.189 e. The molecule has 0 unspecified atom stereocenters. The summed E-state index contributed by atoms with van der Waals surface area (Å²) in [4.78, 5) is 4.24. The number of nitrogens with zero attached hydrogens (tertiary/aromatic N) is 1. The van der Waals surface area contributed by atoms with E-state index in [1.807, 2.05) is 24.3 Å². The molecule has 0 bridgehead atoms. The molecular formula is C11H15ClIN3. The standard InChI is InChI=1S/C11H14ClN3.HI/c12-9-3-1-8(2-4-9)7-14-11(13)15-10-5-6-10;/h1-4,10H,5-7H2,(H3,13,14,15);1H. The Balaban J connectivity index is 0.00000128. The molecule has 0 aliphatic heterocycles. The highest BCUT2D eigenvalue weighted by Gasteiger charge is 2.21. The van der Waals surface area contributed by atoms with E-state index in [-0.39, 0.29) is 24.0 Å². The number of hydrogen-bond acceptors (Lipinski definition) is 1. The van der Waals surface area contributed by atoms with Crippen LogP contribution in [0.3, 0.4) is 0 Å². The van der Waals surface area contributed by atoms with E-state index in [0.717, 1.165) is 10.6 Å². The van der Waals surface area contributed by atoms with Crippen LogP contribution in [-0.4, -0.2) is 12.0 Å². The van der Waals surface area contributed by atoms with Crippen molar-refractivity contribution in [3.63, 3.8) is 0 Å². The van der Waals surface area contributed by atoms with Crippen LogP contribution >= 0.6 is 35.6 Å². The van der Waals surface area contributed by atoms with E-state index in [1.165, 1.54) is 12.8 Å². The predicted octanol–water partition coefficient (Wildman–Crippen LogP) is 2.52. The summed E-state index contributed by atoms with van der Waals surface area (Å²) in [6.07, 6.45) is 2.41. The molecule has 1 aromatic carbocycles. The van der Waals surface area contributed by atoms with Crippen LogP contribution in [0.5, 0.6) is 0 Å². The minimum Gasteiger partial charge on any atom is -0.370 e. The van der Waals surface area contributed by atoms with Gasteiger partial charge >= 0.3 is 0 Å². The third kappa shape index (κ3) is 4.57. The van der Waals surface area contributed by atoms with Gasteiger partial charge in [-0.3, -0.25) is 0 Å². The number of halogens is 2. The summed E-state index contributed by atoms with van der Waals surface area (Å²) in [6.45, 7) is 0.600. The molecule has 3 N–H and O–H groups in total. The first kappa shape index (κ1) is 13.6. The van der Waals surface area contributed by atoms with Crippen LogP contribution in [-0.2, 0) is 6.54 Å². The lowest BCUT2D eigenvalue weighted by Crippen LogP contribution is -2.33. The first-order chi connectivity index (χ1) is 7.24. The summed E-state index contributed by atoms with van der Waals surface area (Å²) in [6, 6.07) is 8.18.